The lowest BCUT2D eigenvalue weighted by molar-refractivity contribution is -0.121. The maximum atomic E-state index is 12.0. The van der Waals surface area contributed by atoms with Gasteiger partial charge in [-0.15, -0.1) is 11.3 Å². The number of hydrogen-bond acceptors (Lipinski definition) is 3. The van der Waals surface area contributed by atoms with Crippen LogP contribution in [-0.4, -0.2) is 17.4 Å². The molecule has 25 heavy (non-hydrogen) atoms. The van der Waals surface area contributed by atoms with Gasteiger partial charge in [0.05, 0.1) is 10.7 Å². The predicted molar refractivity (Wildman–Crippen MR) is 104 cm³/mol. The standard InChI is InChI=1S/C21H28N2OS/c1-2-16-9-11-17(12-10-16)13-14-20(24)22-15-5-8-21-23-18-6-3-4-7-19(18)25-21/h9-12H,2-8,13-15H2,1H3,(H,22,24). The van der Waals surface area contributed by atoms with Crippen molar-refractivity contribution in [3.05, 3.63) is 51.0 Å². The van der Waals surface area contributed by atoms with E-state index in [2.05, 4.69) is 36.5 Å². The molecule has 0 radical (unpaired) electrons. The van der Waals surface area contributed by atoms with Gasteiger partial charge in [-0.05, 0) is 56.1 Å². The summed E-state index contributed by atoms with van der Waals surface area (Å²) in [7, 11) is 0. The van der Waals surface area contributed by atoms with E-state index in [0.717, 1.165) is 38.6 Å². The maximum Gasteiger partial charge on any atom is 0.220 e. The van der Waals surface area contributed by atoms with E-state index in [4.69, 9.17) is 4.98 Å². The number of aromatic nitrogens is 1. The third-order valence-electron chi connectivity index (χ3n) is 4.85. The Hall–Kier alpha value is -1.68. The summed E-state index contributed by atoms with van der Waals surface area (Å²) >= 11 is 1.88. The molecule has 1 aromatic heterocycles. The molecule has 0 saturated carbocycles. The fourth-order valence-corrected chi connectivity index (χ4v) is 4.47. The second-order valence-corrected chi connectivity index (χ2v) is 7.98. The number of hydrogen-bond donors (Lipinski definition) is 1. The third-order valence-corrected chi connectivity index (χ3v) is 6.07. The van der Waals surface area contributed by atoms with E-state index in [1.807, 2.05) is 11.3 Å². The number of amides is 1. The Morgan fingerprint density at radius 2 is 1.88 bits per heavy atom. The highest BCUT2D eigenvalue weighted by Crippen LogP contribution is 2.27. The third kappa shape index (κ3) is 5.40. The van der Waals surface area contributed by atoms with E-state index >= 15 is 0 Å². The highest BCUT2D eigenvalue weighted by atomic mass is 32.1. The van der Waals surface area contributed by atoms with Gasteiger partial charge in [0, 0.05) is 24.3 Å². The van der Waals surface area contributed by atoms with Crippen LogP contribution in [0.5, 0.6) is 0 Å². The molecule has 0 aliphatic heterocycles. The minimum absolute atomic E-state index is 0.151. The van der Waals surface area contributed by atoms with Gasteiger partial charge in [-0.2, -0.15) is 0 Å². The van der Waals surface area contributed by atoms with Gasteiger partial charge >= 0.3 is 0 Å². The first-order valence-electron chi connectivity index (χ1n) is 9.56. The Kier molecular flexibility index (Phi) is 6.62. The van der Waals surface area contributed by atoms with Gasteiger partial charge < -0.3 is 5.32 Å². The van der Waals surface area contributed by atoms with Gasteiger partial charge in [-0.3, -0.25) is 4.79 Å². The average Bonchev–Trinajstić information content (AvgIpc) is 3.07. The molecule has 0 atom stereocenters. The summed E-state index contributed by atoms with van der Waals surface area (Å²) in [6, 6.07) is 8.58. The van der Waals surface area contributed by atoms with Crippen molar-refractivity contribution >= 4 is 17.2 Å². The molecule has 0 bridgehead atoms. The highest BCUT2D eigenvalue weighted by molar-refractivity contribution is 7.11. The molecule has 2 aromatic rings. The van der Waals surface area contributed by atoms with Crippen LogP contribution in [0.1, 0.15) is 59.3 Å². The van der Waals surface area contributed by atoms with Crippen LogP contribution in [0.15, 0.2) is 24.3 Å². The number of rotatable bonds is 8. The van der Waals surface area contributed by atoms with Crippen LogP contribution < -0.4 is 5.32 Å². The first-order chi connectivity index (χ1) is 12.2. The summed E-state index contributed by atoms with van der Waals surface area (Å²) < 4.78 is 0. The van der Waals surface area contributed by atoms with Crippen LogP contribution in [0.25, 0.3) is 0 Å². The molecule has 3 rings (SSSR count). The van der Waals surface area contributed by atoms with Gasteiger partial charge in [0.15, 0.2) is 0 Å². The topological polar surface area (TPSA) is 42.0 Å². The number of benzene rings is 1. The van der Waals surface area contributed by atoms with Crippen LogP contribution in [0, 0.1) is 0 Å². The molecule has 1 aliphatic carbocycles. The average molecular weight is 357 g/mol. The zero-order chi connectivity index (χ0) is 17.5. The molecule has 1 aliphatic rings. The molecule has 4 heteroatoms. The van der Waals surface area contributed by atoms with Gasteiger partial charge in [0.2, 0.25) is 5.91 Å². The Labute approximate surface area is 154 Å². The zero-order valence-corrected chi connectivity index (χ0v) is 16.0. The summed E-state index contributed by atoms with van der Waals surface area (Å²) in [6.07, 6.45) is 9.36. The number of nitrogens with zero attached hydrogens (tertiary/aromatic N) is 1. The first-order valence-corrected chi connectivity index (χ1v) is 10.4. The predicted octanol–water partition coefficient (Wildman–Crippen LogP) is 4.27. The normalized spacial score (nSPS) is 13.5. The van der Waals surface area contributed by atoms with Crippen LogP contribution in [-0.2, 0) is 36.9 Å². The zero-order valence-electron chi connectivity index (χ0n) is 15.1. The molecule has 0 unspecified atom stereocenters. The number of nitrogens with one attached hydrogen (secondary N) is 1. The number of fused-ring (bicyclic) bond motifs is 1. The van der Waals surface area contributed by atoms with E-state index in [1.165, 1.54) is 46.0 Å². The summed E-state index contributed by atoms with van der Waals surface area (Å²) in [4.78, 5) is 18.2. The SMILES string of the molecule is CCc1ccc(CCC(=O)NCCCc2nc3c(s2)CCCC3)cc1. The van der Waals surface area contributed by atoms with Crippen molar-refractivity contribution in [1.29, 1.82) is 0 Å². The van der Waals surface area contributed by atoms with Crippen LogP contribution in [0.2, 0.25) is 0 Å². The summed E-state index contributed by atoms with van der Waals surface area (Å²) in [5.41, 5.74) is 3.92. The maximum absolute atomic E-state index is 12.0. The van der Waals surface area contributed by atoms with Crippen molar-refractivity contribution in [2.45, 2.75) is 64.7 Å². The Bertz CT molecular complexity index is 667. The lowest BCUT2D eigenvalue weighted by Gasteiger charge is -2.06. The Balaban J connectivity index is 1.33. The summed E-state index contributed by atoms with van der Waals surface area (Å²) in [5, 5.41) is 4.29. The molecule has 0 saturated heterocycles. The highest BCUT2D eigenvalue weighted by Gasteiger charge is 2.14. The van der Waals surface area contributed by atoms with E-state index in [-0.39, 0.29) is 5.91 Å². The summed E-state index contributed by atoms with van der Waals surface area (Å²) in [5.74, 6) is 0.151. The van der Waals surface area contributed by atoms with Gasteiger partial charge in [0.1, 0.15) is 0 Å². The molecule has 1 heterocycles. The molecule has 1 amide bonds. The fraction of sp³-hybridized carbons (Fsp3) is 0.524. The van der Waals surface area contributed by atoms with Crippen molar-refractivity contribution in [2.24, 2.45) is 0 Å². The van der Waals surface area contributed by atoms with E-state index in [1.54, 1.807) is 0 Å². The first kappa shape index (κ1) is 18.1. The fourth-order valence-electron chi connectivity index (χ4n) is 3.27. The van der Waals surface area contributed by atoms with E-state index in [0.29, 0.717) is 6.42 Å². The van der Waals surface area contributed by atoms with Crippen molar-refractivity contribution in [3.8, 4) is 0 Å². The Morgan fingerprint density at radius 1 is 1.12 bits per heavy atom. The minimum Gasteiger partial charge on any atom is -0.356 e. The second-order valence-electron chi connectivity index (χ2n) is 6.81. The molecule has 0 fully saturated rings. The minimum atomic E-state index is 0.151. The largest absolute Gasteiger partial charge is 0.356 e. The van der Waals surface area contributed by atoms with Crippen molar-refractivity contribution in [2.75, 3.05) is 6.54 Å². The molecular weight excluding hydrogens is 328 g/mol. The molecule has 3 nitrogen and oxygen atoms in total. The quantitative estimate of drug-likeness (QED) is 0.718. The molecule has 134 valence electrons. The Morgan fingerprint density at radius 3 is 2.64 bits per heavy atom. The molecule has 1 aromatic carbocycles. The second kappa shape index (κ2) is 9.14. The van der Waals surface area contributed by atoms with Crippen LogP contribution in [0.4, 0.5) is 0 Å². The number of carbonyl (C=O) groups excluding carboxylic acids is 1. The van der Waals surface area contributed by atoms with Crippen molar-refractivity contribution < 1.29 is 4.79 Å². The summed E-state index contributed by atoms with van der Waals surface area (Å²) in [6.45, 7) is 2.90. The van der Waals surface area contributed by atoms with Gasteiger partial charge in [-0.25, -0.2) is 4.98 Å². The van der Waals surface area contributed by atoms with Crippen LogP contribution >= 0.6 is 11.3 Å². The molecule has 1 N–H and O–H groups in total. The van der Waals surface area contributed by atoms with E-state index in [9.17, 15) is 4.79 Å². The van der Waals surface area contributed by atoms with Gasteiger partial charge in [0.25, 0.3) is 0 Å². The lowest BCUT2D eigenvalue weighted by Crippen LogP contribution is -2.24. The number of aryl methyl sites for hydroxylation is 5. The van der Waals surface area contributed by atoms with Gasteiger partial charge in [-0.1, -0.05) is 31.2 Å². The number of carbonyl (C=O) groups is 1. The monoisotopic (exact) mass is 356 g/mol. The molecular formula is C21H28N2OS. The van der Waals surface area contributed by atoms with Crippen molar-refractivity contribution in [1.82, 2.24) is 10.3 Å². The van der Waals surface area contributed by atoms with E-state index < -0.39 is 0 Å². The van der Waals surface area contributed by atoms with Crippen LogP contribution in [0.3, 0.4) is 0 Å². The lowest BCUT2D eigenvalue weighted by atomic mass is 10.0. The molecule has 0 spiro atoms. The van der Waals surface area contributed by atoms with Crippen molar-refractivity contribution in [3.63, 3.8) is 0 Å². The number of thiazole rings is 1. The smallest absolute Gasteiger partial charge is 0.220 e.